The van der Waals surface area contributed by atoms with E-state index in [1.54, 1.807) is 0 Å². The molecule has 106 valence electrons. The number of nitrogen functional groups attached to an aromatic ring is 1. The zero-order valence-electron chi connectivity index (χ0n) is 11.4. The van der Waals surface area contributed by atoms with Gasteiger partial charge in [-0.3, -0.25) is 0 Å². The fraction of sp³-hybridized carbons (Fsp3) is 0.286. The Morgan fingerprint density at radius 2 is 1.85 bits per heavy atom. The molecule has 0 amide bonds. The molecule has 0 aliphatic rings. The number of hydrogen-bond donors (Lipinski definition) is 2. The molecule has 4 nitrogen and oxygen atoms in total. The molecule has 20 heavy (non-hydrogen) atoms. The lowest BCUT2D eigenvalue weighted by molar-refractivity contribution is 0.469. The second-order valence-electron chi connectivity index (χ2n) is 5.54. The first-order valence-electron chi connectivity index (χ1n) is 6.02. The van der Waals surface area contributed by atoms with Crippen molar-refractivity contribution in [3.63, 3.8) is 0 Å². The van der Waals surface area contributed by atoms with Gasteiger partial charge in [-0.15, -0.1) is 0 Å². The number of hydrogen-bond acceptors (Lipinski definition) is 4. The van der Waals surface area contributed by atoms with Crippen LogP contribution in [0.25, 0.3) is 11.4 Å². The van der Waals surface area contributed by atoms with E-state index >= 15 is 0 Å². The van der Waals surface area contributed by atoms with E-state index in [-0.39, 0.29) is 22.8 Å². The summed E-state index contributed by atoms with van der Waals surface area (Å²) in [6, 6.07) is 3.68. The first-order valence-corrected chi connectivity index (χ1v) is 6.81. The first kappa shape index (κ1) is 14.7. The molecule has 6 heteroatoms. The molecule has 0 aliphatic heterocycles. The number of aromatic hydroxyl groups is 1. The minimum absolute atomic E-state index is 0.178. The predicted octanol–water partition coefficient (Wildman–Crippen LogP) is 3.63. The van der Waals surface area contributed by atoms with Crippen molar-refractivity contribution in [1.29, 1.82) is 0 Å². The van der Waals surface area contributed by atoms with Crippen molar-refractivity contribution in [1.82, 2.24) is 9.97 Å². The van der Waals surface area contributed by atoms with Crippen LogP contribution < -0.4 is 5.73 Å². The maximum absolute atomic E-state index is 13.4. The van der Waals surface area contributed by atoms with Crippen molar-refractivity contribution in [2.75, 3.05) is 5.73 Å². The summed E-state index contributed by atoms with van der Waals surface area (Å²) in [6.07, 6.45) is 0. The van der Waals surface area contributed by atoms with Gasteiger partial charge in [0.1, 0.15) is 17.4 Å². The summed E-state index contributed by atoms with van der Waals surface area (Å²) in [6.45, 7) is 5.98. The summed E-state index contributed by atoms with van der Waals surface area (Å²) in [7, 11) is 0. The van der Waals surface area contributed by atoms with Crippen LogP contribution in [0.2, 0.25) is 0 Å². The molecular weight excluding hydrogens is 325 g/mol. The molecule has 1 aromatic carbocycles. The van der Waals surface area contributed by atoms with Crippen molar-refractivity contribution in [2.24, 2.45) is 0 Å². The van der Waals surface area contributed by atoms with Gasteiger partial charge in [-0.05, 0) is 28.1 Å². The maximum Gasteiger partial charge on any atom is 0.162 e. The topological polar surface area (TPSA) is 72.0 Å². The highest BCUT2D eigenvalue weighted by Crippen LogP contribution is 2.33. The Morgan fingerprint density at radius 1 is 1.20 bits per heavy atom. The van der Waals surface area contributed by atoms with Gasteiger partial charge in [0.2, 0.25) is 0 Å². The average molecular weight is 340 g/mol. The summed E-state index contributed by atoms with van der Waals surface area (Å²) in [5.41, 5.74) is 6.73. The lowest BCUT2D eigenvalue weighted by atomic mass is 9.91. The molecule has 1 aromatic heterocycles. The summed E-state index contributed by atoms with van der Waals surface area (Å²) >= 11 is 3.38. The van der Waals surface area contributed by atoms with E-state index in [1.165, 1.54) is 12.1 Å². The van der Waals surface area contributed by atoms with E-state index in [4.69, 9.17) is 5.73 Å². The van der Waals surface area contributed by atoms with E-state index < -0.39 is 5.82 Å². The van der Waals surface area contributed by atoms with Crippen LogP contribution in [0, 0.1) is 5.82 Å². The number of nitrogens with two attached hydrogens (primary N) is 1. The lowest BCUT2D eigenvalue weighted by Crippen LogP contribution is -2.17. The minimum atomic E-state index is -0.553. The van der Waals surface area contributed by atoms with Crippen LogP contribution >= 0.6 is 15.9 Å². The smallest absolute Gasteiger partial charge is 0.162 e. The Morgan fingerprint density at radius 3 is 2.40 bits per heavy atom. The molecule has 1 heterocycles. The monoisotopic (exact) mass is 339 g/mol. The SMILES string of the molecule is CC(C)(C)c1nc(-c2cc(O)cc(F)c2)nc(N)c1Br. The van der Waals surface area contributed by atoms with Crippen LogP contribution in [0.4, 0.5) is 10.2 Å². The maximum atomic E-state index is 13.4. The number of anilines is 1. The molecule has 0 bridgehead atoms. The van der Waals surface area contributed by atoms with Crippen LogP contribution in [0.15, 0.2) is 22.7 Å². The number of rotatable bonds is 1. The van der Waals surface area contributed by atoms with Crippen molar-refractivity contribution in [3.05, 3.63) is 34.2 Å². The predicted molar refractivity (Wildman–Crippen MR) is 79.9 cm³/mol. The molecule has 0 atom stereocenters. The van der Waals surface area contributed by atoms with E-state index in [1.807, 2.05) is 20.8 Å². The first-order chi connectivity index (χ1) is 9.18. The number of phenols is 1. The summed E-state index contributed by atoms with van der Waals surface area (Å²) in [5, 5.41) is 9.47. The summed E-state index contributed by atoms with van der Waals surface area (Å²) in [4.78, 5) is 8.58. The summed E-state index contributed by atoms with van der Waals surface area (Å²) in [5.74, 6) is -0.168. The average Bonchev–Trinajstić information content (AvgIpc) is 2.29. The highest BCUT2D eigenvalue weighted by Gasteiger charge is 2.23. The van der Waals surface area contributed by atoms with Gasteiger partial charge in [-0.25, -0.2) is 14.4 Å². The molecule has 0 unspecified atom stereocenters. The summed E-state index contributed by atoms with van der Waals surface area (Å²) < 4.78 is 14.0. The third kappa shape index (κ3) is 2.90. The van der Waals surface area contributed by atoms with Gasteiger partial charge < -0.3 is 10.8 Å². The van der Waals surface area contributed by atoms with Crippen LogP contribution in [0.3, 0.4) is 0 Å². The zero-order chi connectivity index (χ0) is 15.1. The quantitative estimate of drug-likeness (QED) is 0.832. The van der Waals surface area contributed by atoms with Gasteiger partial charge in [-0.2, -0.15) is 0 Å². The van der Waals surface area contributed by atoms with Crippen LogP contribution in [0.1, 0.15) is 26.5 Å². The number of halogens is 2. The molecule has 0 saturated heterocycles. The van der Waals surface area contributed by atoms with Gasteiger partial charge >= 0.3 is 0 Å². The third-order valence-electron chi connectivity index (χ3n) is 2.73. The highest BCUT2D eigenvalue weighted by molar-refractivity contribution is 9.10. The molecule has 2 rings (SSSR count). The van der Waals surface area contributed by atoms with Crippen molar-refractivity contribution >= 4 is 21.7 Å². The van der Waals surface area contributed by atoms with E-state index in [0.717, 1.165) is 11.8 Å². The van der Waals surface area contributed by atoms with Crippen molar-refractivity contribution in [3.8, 4) is 17.1 Å². The van der Waals surface area contributed by atoms with Crippen molar-refractivity contribution in [2.45, 2.75) is 26.2 Å². The Labute approximate surface area is 125 Å². The molecule has 0 radical (unpaired) electrons. The molecule has 0 saturated carbocycles. The van der Waals surface area contributed by atoms with Gasteiger partial charge in [0.25, 0.3) is 0 Å². The van der Waals surface area contributed by atoms with Crippen molar-refractivity contribution < 1.29 is 9.50 Å². The number of nitrogens with zero attached hydrogens (tertiary/aromatic N) is 2. The number of aromatic nitrogens is 2. The van der Waals surface area contributed by atoms with Crippen LogP contribution in [-0.2, 0) is 5.41 Å². The molecule has 0 fully saturated rings. The molecule has 2 aromatic rings. The standard InChI is InChI=1S/C14H15BrFN3O/c1-14(2,3)11-10(15)12(17)19-13(18-11)7-4-8(16)6-9(20)5-7/h4-6,20H,1-3H3,(H2,17,18,19). The Balaban J connectivity index is 2.67. The highest BCUT2D eigenvalue weighted by atomic mass is 79.9. The fourth-order valence-corrected chi connectivity index (χ4v) is 2.57. The van der Waals surface area contributed by atoms with Gasteiger partial charge in [0.15, 0.2) is 5.82 Å². The van der Waals surface area contributed by atoms with E-state index in [0.29, 0.717) is 10.0 Å². The zero-order valence-corrected chi connectivity index (χ0v) is 13.0. The van der Waals surface area contributed by atoms with E-state index in [9.17, 15) is 9.50 Å². The second kappa shape index (κ2) is 5.01. The fourth-order valence-electron chi connectivity index (χ4n) is 1.79. The number of phenolic OH excluding ortho intramolecular Hbond substituents is 1. The van der Waals surface area contributed by atoms with Crippen LogP contribution in [-0.4, -0.2) is 15.1 Å². The normalized spacial score (nSPS) is 11.7. The van der Waals surface area contributed by atoms with Gasteiger partial charge in [0, 0.05) is 17.0 Å². The lowest BCUT2D eigenvalue weighted by Gasteiger charge is -2.20. The van der Waals surface area contributed by atoms with E-state index in [2.05, 4.69) is 25.9 Å². The minimum Gasteiger partial charge on any atom is -0.508 e. The Kier molecular flexibility index (Phi) is 3.69. The second-order valence-corrected chi connectivity index (χ2v) is 6.34. The molecule has 0 spiro atoms. The largest absolute Gasteiger partial charge is 0.508 e. The molecular formula is C14H15BrFN3O. The third-order valence-corrected chi connectivity index (χ3v) is 3.51. The molecule has 3 N–H and O–H groups in total. The number of benzene rings is 1. The van der Waals surface area contributed by atoms with Gasteiger partial charge in [-0.1, -0.05) is 20.8 Å². The Bertz CT molecular complexity index is 648. The molecule has 0 aliphatic carbocycles. The Hall–Kier alpha value is -1.69. The van der Waals surface area contributed by atoms with Gasteiger partial charge in [0.05, 0.1) is 10.2 Å². The van der Waals surface area contributed by atoms with Crippen LogP contribution in [0.5, 0.6) is 5.75 Å².